The molecule has 1 heterocycles. The minimum Gasteiger partial charge on any atom is -0.366 e. The number of ketones is 1. The smallest absolute Gasteiger partial charge is 0.256 e. The van der Waals surface area contributed by atoms with Gasteiger partial charge in [0, 0.05) is 37.3 Å². The molecule has 0 N–H and O–H groups in total. The summed E-state index contributed by atoms with van der Waals surface area (Å²) in [5, 5.41) is 0. The highest BCUT2D eigenvalue weighted by molar-refractivity contribution is 6.09. The average Bonchev–Trinajstić information content (AvgIpc) is 2.79. The highest BCUT2D eigenvalue weighted by atomic mass is 19.1. The van der Waals surface area contributed by atoms with Gasteiger partial charge in [0.1, 0.15) is 11.6 Å². The largest absolute Gasteiger partial charge is 0.366 e. The van der Waals surface area contributed by atoms with Crippen LogP contribution in [0.15, 0.2) is 72.8 Å². The predicted octanol–water partition coefficient (Wildman–Crippen LogP) is 4.16. The van der Waals surface area contributed by atoms with E-state index in [2.05, 4.69) is 0 Å². The molecule has 4 nitrogen and oxygen atoms in total. The molecule has 0 aromatic heterocycles. The standard InChI is InChI=1S/C24H20F2N2O2/c25-20-9-5-4-8-19(20)24(30)28-14-12-27(13-15-28)22-11-10-18(16-21(22)26)23(29)17-6-2-1-3-7-17/h1-11,16H,12-15H2. The number of amides is 1. The molecule has 1 saturated heterocycles. The number of rotatable bonds is 4. The maximum absolute atomic E-state index is 14.8. The monoisotopic (exact) mass is 406 g/mol. The van der Waals surface area contributed by atoms with Crippen molar-refractivity contribution in [2.75, 3.05) is 31.1 Å². The van der Waals surface area contributed by atoms with Crippen LogP contribution in [-0.4, -0.2) is 42.8 Å². The Hall–Kier alpha value is -3.54. The van der Waals surface area contributed by atoms with E-state index >= 15 is 0 Å². The highest BCUT2D eigenvalue weighted by Gasteiger charge is 2.25. The maximum atomic E-state index is 14.8. The van der Waals surface area contributed by atoms with Crippen molar-refractivity contribution in [2.24, 2.45) is 0 Å². The topological polar surface area (TPSA) is 40.6 Å². The molecule has 0 saturated carbocycles. The molecule has 3 aromatic rings. The zero-order valence-electron chi connectivity index (χ0n) is 16.2. The first kappa shape index (κ1) is 19.8. The summed E-state index contributed by atoms with van der Waals surface area (Å²) in [5.41, 5.74) is 1.22. The summed E-state index contributed by atoms with van der Waals surface area (Å²) >= 11 is 0. The van der Waals surface area contributed by atoms with Gasteiger partial charge in [-0.05, 0) is 30.3 Å². The van der Waals surface area contributed by atoms with Gasteiger partial charge < -0.3 is 9.80 Å². The van der Waals surface area contributed by atoms with E-state index < -0.39 is 11.6 Å². The molecule has 6 heteroatoms. The molecule has 1 aliphatic heterocycles. The van der Waals surface area contributed by atoms with Crippen LogP contribution in [-0.2, 0) is 0 Å². The molecule has 4 rings (SSSR count). The Morgan fingerprint density at radius 1 is 0.700 bits per heavy atom. The van der Waals surface area contributed by atoms with Gasteiger partial charge in [-0.2, -0.15) is 0 Å². The number of benzene rings is 3. The molecular weight excluding hydrogens is 386 g/mol. The third-order valence-electron chi connectivity index (χ3n) is 5.26. The van der Waals surface area contributed by atoms with E-state index in [0.717, 1.165) is 0 Å². The van der Waals surface area contributed by atoms with Gasteiger partial charge in [0.2, 0.25) is 0 Å². The Labute approximate surface area is 173 Å². The summed E-state index contributed by atoms with van der Waals surface area (Å²) in [6.07, 6.45) is 0. The third kappa shape index (κ3) is 3.94. The first-order valence-electron chi connectivity index (χ1n) is 9.72. The van der Waals surface area contributed by atoms with E-state index in [9.17, 15) is 18.4 Å². The number of nitrogens with zero attached hydrogens (tertiary/aromatic N) is 2. The van der Waals surface area contributed by atoms with E-state index in [4.69, 9.17) is 0 Å². The molecule has 0 aliphatic carbocycles. The third-order valence-corrected chi connectivity index (χ3v) is 5.26. The average molecular weight is 406 g/mol. The van der Waals surface area contributed by atoms with Gasteiger partial charge in [0.25, 0.3) is 5.91 Å². The number of carbonyl (C=O) groups is 2. The Kier molecular flexibility index (Phi) is 5.57. The van der Waals surface area contributed by atoms with Crippen LogP contribution in [0, 0.1) is 11.6 Å². The van der Waals surface area contributed by atoms with Crippen molar-refractivity contribution in [3.8, 4) is 0 Å². The summed E-state index contributed by atoms with van der Waals surface area (Å²) in [4.78, 5) is 28.5. The summed E-state index contributed by atoms with van der Waals surface area (Å²) in [6, 6.07) is 19.1. The Balaban J connectivity index is 1.44. The fraction of sp³-hybridized carbons (Fsp3) is 0.167. The lowest BCUT2D eigenvalue weighted by Gasteiger charge is -2.36. The molecule has 1 fully saturated rings. The van der Waals surface area contributed by atoms with E-state index in [1.165, 1.54) is 18.2 Å². The highest BCUT2D eigenvalue weighted by Crippen LogP contribution is 2.24. The second-order valence-corrected chi connectivity index (χ2v) is 7.12. The summed E-state index contributed by atoms with van der Waals surface area (Å²) in [5.74, 6) is -1.63. The molecule has 0 spiro atoms. The van der Waals surface area contributed by atoms with Gasteiger partial charge >= 0.3 is 0 Å². The molecule has 0 radical (unpaired) electrons. The number of hydrogen-bond acceptors (Lipinski definition) is 3. The minimum absolute atomic E-state index is 0.0425. The molecule has 1 aliphatic rings. The first-order chi connectivity index (χ1) is 14.5. The zero-order valence-corrected chi connectivity index (χ0v) is 16.2. The second-order valence-electron chi connectivity index (χ2n) is 7.12. The lowest BCUT2D eigenvalue weighted by molar-refractivity contribution is 0.0741. The molecule has 0 unspecified atom stereocenters. The first-order valence-corrected chi connectivity index (χ1v) is 9.72. The fourth-order valence-electron chi connectivity index (χ4n) is 3.62. The SMILES string of the molecule is O=C(c1ccccc1)c1ccc(N2CCN(C(=O)c3ccccc3F)CC2)c(F)c1. The van der Waals surface area contributed by atoms with Gasteiger partial charge in [-0.1, -0.05) is 42.5 Å². The van der Waals surface area contributed by atoms with Gasteiger partial charge in [0.15, 0.2) is 5.78 Å². The van der Waals surface area contributed by atoms with Crippen LogP contribution in [0.3, 0.4) is 0 Å². The minimum atomic E-state index is -0.547. The Bertz CT molecular complexity index is 1080. The van der Waals surface area contributed by atoms with E-state index in [1.807, 2.05) is 11.0 Å². The lowest BCUT2D eigenvalue weighted by Crippen LogP contribution is -2.49. The number of piperazine rings is 1. The van der Waals surface area contributed by atoms with Crippen molar-refractivity contribution >= 4 is 17.4 Å². The number of anilines is 1. The number of carbonyl (C=O) groups excluding carboxylic acids is 2. The quantitative estimate of drug-likeness (QED) is 0.611. The van der Waals surface area contributed by atoms with E-state index in [1.54, 1.807) is 53.4 Å². The van der Waals surface area contributed by atoms with Crippen molar-refractivity contribution in [2.45, 2.75) is 0 Å². The van der Waals surface area contributed by atoms with Gasteiger partial charge in [-0.3, -0.25) is 9.59 Å². The molecule has 3 aromatic carbocycles. The van der Waals surface area contributed by atoms with Crippen LogP contribution in [0.1, 0.15) is 26.3 Å². The van der Waals surface area contributed by atoms with E-state index in [-0.39, 0.29) is 22.8 Å². The number of hydrogen-bond donors (Lipinski definition) is 0. The van der Waals surface area contributed by atoms with Gasteiger partial charge in [-0.25, -0.2) is 8.78 Å². The van der Waals surface area contributed by atoms with Crippen LogP contribution in [0.2, 0.25) is 0 Å². The molecular formula is C24H20F2N2O2. The van der Waals surface area contributed by atoms with Crippen LogP contribution >= 0.6 is 0 Å². The Morgan fingerprint density at radius 3 is 2.03 bits per heavy atom. The molecule has 152 valence electrons. The number of halogens is 2. The van der Waals surface area contributed by atoms with Gasteiger partial charge in [-0.15, -0.1) is 0 Å². The molecule has 30 heavy (non-hydrogen) atoms. The maximum Gasteiger partial charge on any atom is 0.256 e. The van der Waals surface area contributed by atoms with E-state index in [0.29, 0.717) is 37.4 Å². The summed E-state index contributed by atoms with van der Waals surface area (Å²) in [7, 11) is 0. The van der Waals surface area contributed by atoms with Crippen LogP contribution in [0.25, 0.3) is 0 Å². The fourth-order valence-corrected chi connectivity index (χ4v) is 3.62. The summed E-state index contributed by atoms with van der Waals surface area (Å²) in [6.45, 7) is 1.56. The summed E-state index contributed by atoms with van der Waals surface area (Å²) < 4.78 is 28.6. The van der Waals surface area contributed by atoms with Crippen molar-refractivity contribution in [1.82, 2.24) is 4.90 Å². The van der Waals surface area contributed by atoms with Crippen molar-refractivity contribution in [3.63, 3.8) is 0 Å². The molecule has 1 amide bonds. The van der Waals surface area contributed by atoms with Crippen LogP contribution in [0.5, 0.6) is 0 Å². The molecule has 0 bridgehead atoms. The normalized spacial score (nSPS) is 13.9. The second kappa shape index (κ2) is 8.45. The van der Waals surface area contributed by atoms with Crippen molar-refractivity contribution in [1.29, 1.82) is 0 Å². The lowest BCUT2D eigenvalue weighted by atomic mass is 10.0. The van der Waals surface area contributed by atoms with Crippen LogP contribution < -0.4 is 4.90 Å². The van der Waals surface area contributed by atoms with Crippen LogP contribution in [0.4, 0.5) is 14.5 Å². The van der Waals surface area contributed by atoms with Gasteiger partial charge in [0.05, 0.1) is 11.3 Å². The molecule has 0 atom stereocenters. The van der Waals surface area contributed by atoms with Crippen molar-refractivity contribution < 1.29 is 18.4 Å². The Morgan fingerprint density at radius 2 is 1.37 bits per heavy atom. The van der Waals surface area contributed by atoms with Crippen molar-refractivity contribution in [3.05, 3.63) is 101 Å². The zero-order chi connectivity index (χ0) is 21.1. The predicted molar refractivity (Wildman–Crippen MR) is 111 cm³/mol.